The second kappa shape index (κ2) is 6.12. The van der Waals surface area contributed by atoms with Crippen molar-refractivity contribution in [3.05, 3.63) is 47.8 Å². The fraction of sp³-hybridized carbons (Fsp3) is 0.263. The van der Waals surface area contributed by atoms with Gasteiger partial charge in [-0.3, -0.25) is 4.79 Å². The molecule has 6 nitrogen and oxygen atoms in total. The van der Waals surface area contributed by atoms with Crippen LogP contribution in [0.1, 0.15) is 17.7 Å². The molecule has 1 aliphatic heterocycles. The standard InChI is InChI=1S/C19H18N2O4/c1-12-3-2-8-21-14(5-7-17(22)23)18(20-19(12)21)13-4-6-15-16(11-13)25-10-9-24-15/h2-4,6,8,11H,5,7,9-10H2,1H3,(H,22,23). The van der Waals surface area contributed by atoms with Gasteiger partial charge in [-0.25, -0.2) is 4.98 Å². The molecule has 0 saturated heterocycles. The van der Waals surface area contributed by atoms with Crippen molar-refractivity contribution in [2.75, 3.05) is 13.2 Å². The summed E-state index contributed by atoms with van der Waals surface area (Å²) >= 11 is 0. The van der Waals surface area contributed by atoms with E-state index in [2.05, 4.69) is 0 Å². The SMILES string of the molecule is Cc1cccn2c(CCC(=O)O)c(-c3ccc4c(c3)OCCO4)nc12. The molecule has 1 aromatic carbocycles. The van der Waals surface area contributed by atoms with Gasteiger partial charge in [0.25, 0.3) is 0 Å². The van der Waals surface area contributed by atoms with Crippen LogP contribution in [0.4, 0.5) is 0 Å². The normalized spacial score (nSPS) is 13.2. The van der Waals surface area contributed by atoms with Crippen LogP contribution in [0, 0.1) is 6.92 Å². The van der Waals surface area contributed by atoms with Gasteiger partial charge < -0.3 is 19.0 Å². The lowest BCUT2D eigenvalue weighted by molar-refractivity contribution is -0.136. The highest BCUT2D eigenvalue weighted by Gasteiger charge is 2.19. The largest absolute Gasteiger partial charge is 0.486 e. The summed E-state index contributed by atoms with van der Waals surface area (Å²) in [7, 11) is 0. The molecule has 4 rings (SSSR count). The molecule has 0 aliphatic carbocycles. The highest BCUT2D eigenvalue weighted by atomic mass is 16.6. The Morgan fingerprint density at radius 2 is 2.04 bits per heavy atom. The first-order valence-electron chi connectivity index (χ1n) is 8.22. The zero-order valence-electron chi connectivity index (χ0n) is 13.9. The third-order valence-electron chi connectivity index (χ3n) is 4.34. The predicted molar refractivity (Wildman–Crippen MR) is 92.3 cm³/mol. The molecule has 0 bridgehead atoms. The van der Waals surface area contributed by atoms with Gasteiger partial charge >= 0.3 is 5.97 Å². The average Bonchev–Trinajstić information content (AvgIpc) is 2.99. The molecular weight excluding hydrogens is 320 g/mol. The molecule has 1 N–H and O–H groups in total. The van der Waals surface area contributed by atoms with Gasteiger partial charge in [0.1, 0.15) is 18.9 Å². The van der Waals surface area contributed by atoms with Crippen molar-refractivity contribution in [2.45, 2.75) is 19.8 Å². The van der Waals surface area contributed by atoms with E-state index in [9.17, 15) is 4.79 Å². The van der Waals surface area contributed by atoms with Crippen molar-refractivity contribution >= 4 is 11.6 Å². The van der Waals surface area contributed by atoms with Crippen LogP contribution in [0.2, 0.25) is 0 Å². The summed E-state index contributed by atoms with van der Waals surface area (Å²) in [5, 5.41) is 9.09. The number of nitrogens with zero attached hydrogens (tertiary/aromatic N) is 2. The number of carboxylic acids is 1. The lowest BCUT2D eigenvalue weighted by Crippen LogP contribution is -2.15. The first kappa shape index (κ1) is 15.5. The lowest BCUT2D eigenvalue weighted by atomic mass is 10.1. The molecule has 0 saturated carbocycles. The zero-order chi connectivity index (χ0) is 17.4. The maximum Gasteiger partial charge on any atom is 0.303 e. The molecule has 25 heavy (non-hydrogen) atoms. The molecule has 0 radical (unpaired) electrons. The molecule has 0 spiro atoms. The smallest absolute Gasteiger partial charge is 0.303 e. The third-order valence-corrected chi connectivity index (χ3v) is 4.34. The topological polar surface area (TPSA) is 73.1 Å². The number of rotatable bonds is 4. The molecular formula is C19H18N2O4. The Morgan fingerprint density at radius 3 is 2.84 bits per heavy atom. The molecule has 6 heteroatoms. The molecule has 1 aliphatic rings. The highest BCUT2D eigenvalue weighted by molar-refractivity contribution is 5.72. The van der Waals surface area contributed by atoms with Gasteiger partial charge in [-0.05, 0) is 36.8 Å². The third kappa shape index (κ3) is 2.80. The molecule has 0 fully saturated rings. The van der Waals surface area contributed by atoms with Gasteiger partial charge in [0.2, 0.25) is 0 Å². The van der Waals surface area contributed by atoms with Gasteiger partial charge in [-0.2, -0.15) is 0 Å². The van der Waals surface area contributed by atoms with Crippen LogP contribution in [0.5, 0.6) is 11.5 Å². The minimum atomic E-state index is -0.823. The predicted octanol–water partition coefficient (Wildman–Crippen LogP) is 3.10. The number of carboxylic acid groups (broad SMARTS) is 1. The number of carbonyl (C=O) groups is 1. The van der Waals surface area contributed by atoms with Crippen LogP contribution in [-0.2, 0) is 11.2 Å². The molecule has 0 amide bonds. The molecule has 128 valence electrons. The molecule has 2 aromatic heterocycles. The van der Waals surface area contributed by atoms with E-state index in [0.29, 0.717) is 25.4 Å². The van der Waals surface area contributed by atoms with Gasteiger partial charge in [0, 0.05) is 18.2 Å². The van der Waals surface area contributed by atoms with Gasteiger partial charge in [-0.15, -0.1) is 0 Å². The summed E-state index contributed by atoms with van der Waals surface area (Å²) in [5.41, 5.74) is 4.45. The number of hydrogen-bond donors (Lipinski definition) is 1. The van der Waals surface area contributed by atoms with E-state index in [4.69, 9.17) is 19.6 Å². The van der Waals surface area contributed by atoms with Gasteiger partial charge in [0.15, 0.2) is 11.5 Å². The van der Waals surface area contributed by atoms with Crippen LogP contribution in [-0.4, -0.2) is 33.7 Å². The minimum absolute atomic E-state index is 0.0548. The number of aryl methyl sites for hydroxylation is 2. The van der Waals surface area contributed by atoms with Crippen molar-refractivity contribution < 1.29 is 19.4 Å². The lowest BCUT2D eigenvalue weighted by Gasteiger charge is -2.18. The maximum atomic E-state index is 11.1. The van der Waals surface area contributed by atoms with E-state index in [1.807, 2.05) is 47.9 Å². The first-order valence-corrected chi connectivity index (χ1v) is 8.22. The molecule has 3 heterocycles. The highest BCUT2D eigenvalue weighted by Crippen LogP contribution is 2.36. The molecule has 0 unspecified atom stereocenters. The Labute approximate surface area is 144 Å². The van der Waals surface area contributed by atoms with E-state index in [0.717, 1.165) is 33.9 Å². The fourth-order valence-corrected chi connectivity index (χ4v) is 3.14. The van der Waals surface area contributed by atoms with Crippen molar-refractivity contribution in [2.24, 2.45) is 0 Å². The number of imidazole rings is 1. The summed E-state index contributed by atoms with van der Waals surface area (Å²) in [6.07, 6.45) is 2.39. The second-order valence-corrected chi connectivity index (χ2v) is 6.04. The van der Waals surface area contributed by atoms with E-state index in [-0.39, 0.29) is 6.42 Å². The van der Waals surface area contributed by atoms with Gasteiger partial charge in [0.05, 0.1) is 17.8 Å². The van der Waals surface area contributed by atoms with Crippen LogP contribution >= 0.6 is 0 Å². The Morgan fingerprint density at radius 1 is 1.24 bits per heavy atom. The van der Waals surface area contributed by atoms with E-state index < -0.39 is 5.97 Å². The van der Waals surface area contributed by atoms with Crippen molar-refractivity contribution in [3.8, 4) is 22.8 Å². The van der Waals surface area contributed by atoms with Gasteiger partial charge in [-0.1, -0.05) is 6.07 Å². The number of aromatic nitrogens is 2. The van der Waals surface area contributed by atoms with E-state index >= 15 is 0 Å². The van der Waals surface area contributed by atoms with Crippen LogP contribution in [0.25, 0.3) is 16.9 Å². The summed E-state index contributed by atoms with van der Waals surface area (Å²) in [6, 6.07) is 9.67. The number of pyridine rings is 1. The quantitative estimate of drug-likeness (QED) is 0.791. The Hall–Kier alpha value is -3.02. The Kier molecular flexibility index (Phi) is 3.80. The van der Waals surface area contributed by atoms with Crippen molar-refractivity contribution in [1.29, 1.82) is 0 Å². The molecule has 0 atom stereocenters. The number of benzene rings is 1. The Balaban J connectivity index is 1.86. The van der Waals surface area contributed by atoms with E-state index in [1.165, 1.54) is 0 Å². The summed E-state index contributed by atoms with van der Waals surface area (Å²) < 4.78 is 13.2. The maximum absolute atomic E-state index is 11.1. The van der Waals surface area contributed by atoms with Crippen LogP contribution < -0.4 is 9.47 Å². The molecule has 3 aromatic rings. The fourth-order valence-electron chi connectivity index (χ4n) is 3.14. The summed E-state index contributed by atoms with van der Waals surface area (Å²) in [6.45, 7) is 3.06. The van der Waals surface area contributed by atoms with Crippen molar-refractivity contribution in [3.63, 3.8) is 0 Å². The first-order chi connectivity index (χ1) is 12.1. The van der Waals surface area contributed by atoms with Crippen molar-refractivity contribution in [1.82, 2.24) is 9.38 Å². The second-order valence-electron chi connectivity index (χ2n) is 6.04. The number of hydrogen-bond acceptors (Lipinski definition) is 4. The monoisotopic (exact) mass is 338 g/mol. The van der Waals surface area contributed by atoms with Crippen LogP contribution in [0.3, 0.4) is 0 Å². The van der Waals surface area contributed by atoms with E-state index in [1.54, 1.807) is 0 Å². The summed E-state index contributed by atoms with van der Waals surface area (Å²) in [5.74, 6) is 0.597. The van der Waals surface area contributed by atoms with Crippen LogP contribution in [0.15, 0.2) is 36.5 Å². The summed E-state index contributed by atoms with van der Waals surface area (Å²) in [4.78, 5) is 15.9. The Bertz CT molecular complexity index is 961. The number of aliphatic carboxylic acids is 1. The number of ether oxygens (including phenoxy) is 2. The minimum Gasteiger partial charge on any atom is -0.486 e. The number of fused-ring (bicyclic) bond motifs is 2. The zero-order valence-corrected chi connectivity index (χ0v) is 13.9. The average molecular weight is 338 g/mol.